The van der Waals surface area contributed by atoms with Crippen molar-refractivity contribution in [3.63, 3.8) is 0 Å². The molecule has 0 aliphatic rings. The van der Waals surface area contributed by atoms with Gasteiger partial charge in [-0.05, 0) is 72.9 Å². The molecule has 3 amide bonds. The number of hydrogen-bond acceptors (Lipinski definition) is 7. The Kier molecular flexibility index (Phi) is 14.0. The van der Waals surface area contributed by atoms with Gasteiger partial charge in [-0.15, -0.1) is 0 Å². The third kappa shape index (κ3) is 12.8. The first-order chi connectivity index (χ1) is 20.9. The Balaban J connectivity index is 2.60. The molecule has 0 aliphatic carbocycles. The molecule has 3 unspecified atom stereocenters. The summed E-state index contributed by atoms with van der Waals surface area (Å²) in [7, 11) is 0. The second-order valence-electron chi connectivity index (χ2n) is 13.4. The largest absolute Gasteiger partial charge is 0.458 e. The van der Waals surface area contributed by atoms with E-state index in [0.717, 1.165) is 23.1 Å². The molecule has 45 heavy (non-hydrogen) atoms. The molecule has 0 fully saturated rings. The first-order valence-corrected chi connectivity index (χ1v) is 16.1. The van der Waals surface area contributed by atoms with Crippen molar-refractivity contribution in [3.05, 3.63) is 70.8 Å². The fourth-order valence-corrected chi connectivity index (χ4v) is 5.09. The van der Waals surface area contributed by atoms with E-state index < -0.39 is 53.2 Å². The molecule has 3 atom stereocenters. The summed E-state index contributed by atoms with van der Waals surface area (Å²) in [6, 6.07) is 11.9. The highest BCUT2D eigenvalue weighted by atomic mass is 32.1. The SMILES string of the molecule is CCCCN(C(=O)C(CS)NC(=O)OC(C)(C)C)C(C(=O)NC(Cc1ccccc1)C(=O)OC(C)(C)C)c1cc(C)cc(C)c1. The van der Waals surface area contributed by atoms with Crippen LogP contribution in [0.5, 0.6) is 0 Å². The zero-order valence-electron chi connectivity index (χ0n) is 28.2. The Hall–Kier alpha value is -3.53. The van der Waals surface area contributed by atoms with E-state index in [1.165, 1.54) is 4.90 Å². The van der Waals surface area contributed by atoms with E-state index in [4.69, 9.17) is 9.47 Å². The number of nitrogens with one attached hydrogen (secondary N) is 2. The minimum atomic E-state index is -1.11. The van der Waals surface area contributed by atoms with Crippen molar-refractivity contribution in [2.45, 2.75) is 111 Å². The second-order valence-corrected chi connectivity index (χ2v) is 13.7. The summed E-state index contributed by atoms with van der Waals surface area (Å²) in [5.74, 6) is -1.62. The van der Waals surface area contributed by atoms with E-state index in [2.05, 4.69) is 23.3 Å². The van der Waals surface area contributed by atoms with E-state index in [-0.39, 0.29) is 18.7 Å². The Labute approximate surface area is 274 Å². The van der Waals surface area contributed by atoms with Crippen LogP contribution in [-0.4, -0.2) is 64.4 Å². The number of esters is 1. The van der Waals surface area contributed by atoms with Gasteiger partial charge in [0.1, 0.15) is 29.3 Å². The van der Waals surface area contributed by atoms with Crippen LogP contribution in [0.4, 0.5) is 4.79 Å². The molecule has 0 saturated heterocycles. The van der Waals surface area contributed by atoms with Crippen LogP contribution in [0.1, 0.15) is 89.6 Å². The van der Waals surface area contributed by atoms with Crippen LogP contribution in [0.25, 0.3) is 0 Å². The monoisotopic (exact) mass is 641 g/mol. The number of nitrogens with zero attached hydrogens (tertiary/aromatic N) is 1. The average molecular weight is 642 g/mol. The van der Waals surface area contributed by atoms with Crippen LogP contribution in [0.3, 0.4) is 0 Å². The lowest BCUT2D eigenvalue weighted by Gasteiger charge is -2.35. The summed E-state index contributed by atoms with van der Waals surface area (Å²) in [4.78, 5) is 56.2. The second kappa shape index (κ2) is 16.7. The van der Waals surface area contributed by atoms with E-state index in [1.54, 1.807) is 41.5 Å². The smallest absolute Gasteiger partial charge is 0.408 e. The number of aryl methyl sites for hydroxylation is 2. The Bertz CT molecular complexity index is 1280. The third-order valence-corrected chi connectivity index (χ3v) is 6.98. The normalized spacial score (nSPS) is 13.6. The first kappa shape index (κ1) is 37.7. The van der Waals surface area contributed by atoms with Gasteiger partial charge in [0.05, 0.1) is 0 Å². The van der Waals surface area contributed by atoms with Crippen molar-refractivity contribution in [1.29, 1.82) is 0 Å². The predicted molar refractivity (Wildman–Crippen MR) is 180 cm³/mol. The van der Waals surface area contributed by atoms with Crippen LogP contribution in [0.15, 0.2) is 48.5 Å². The van der Waals surface area contributed by atoms with Crippen molar-refractivity contribution in [2.75, 3.05) is 12.3 Å². The molecule has 10 heteroatoms. The number of amides is 3. The van der Waals surface area contributed by atoms with Gasteiger partial charge in [0.25, 0.3) is 0 Å². The summed E-state index contributed by atoms with van der Waals surface area (Å²) in [6.45, 7) is 16.6. The number of carbonyl (C=O) groups is 4. The fraction of sp³-hybridized carbons (Fsp3) is 0.543. The maximum absolute atomic E-state index is 14.4. The molecular formula is C35H51N3O6S. The van der Waals surface area contributed by atoms with Gasteiger partial charge in [-0.2, -0.15) is 12.6 Å². The number of ether oxygens (including phenoxy) is 2. The van der Waals surface area contributed by atoms with Crippen molar-refractivity contribution >= 4 is 36.5 Å². The minimum Gasteiger partial charge on any atom is -0.458 e. The van der Waals surface area contributed by atoms with Gasteiger partial charge in [-0.3, -0.25) is 9.59 Å². The topological polar surface area (TPSA) is 114 Å². The molecule has 2 aromatic carbocycles. The summed E-state index contributed by atoms with van der Waals surface area (Å²) in [5.41, 5.74) is 1.71. The molecule has 2 N–H and O–H groups in total. The number of alkyl carbamates (subject to hydrolysis) is 1. The molecule has 0 saturated carbocycles. The minimum absolute atomic E-state index is 0.0174. The molecule has 0 bridgehead atoms. The molecular weight excluding hydrogens is 590 g/mol. The molecule has 0 aromatic heterocycles. The standard InChI is InChI=1S/C35H51N3O6S/c1-10-11-17-38(31(40)28(22-45)37-33(42)44-35(7,8)9)29(26-19-23(2)18-24(3)20-26)30(39)36-27(32(41)43-34(4,5)6)21-25-15-13-12-14-16-25/h12-16,18-20,27-29,45H,10-11,17,21-22H2,1-9H3,(H,36,39)(H,37,42). The van der Waals surface area contributed by atoms with Crippen molar-refractivity contribution < 1.29 is 28.7 Å². The van der Waals surface area contributed by atoms with Crippen molar-refractivity contribution in [3.8, 4) is 0 Å². The Morgan fingerprint density at radius 3 is 1.93 bits per heavy atom. The van der Waals surface area contributed by atoms with E-state index in [9.17, 15) is 19.2 Å². The van der Waals surface area contributed by atoms with Gasteiger partial charge in [0, 0.05) is 18.7 Å². The summed E-state index contributed by atoms with van der Waals surface area (Å²) in [6.07, 6.45) is 0.796. The number of thiol groups is 1. The van der Waals surface area contributed by atoms with Crippen LogP contribution >= 0.6 is 12.6 Å². The average Bonchev–Trinajstić information content (AvgIpc) is 2.91. The number of unbranched alkanes of at least 4 members (excludes halogenated alkanes) is 1. The third-order valence-electron chi connectivity index (χ3n) is 6.62. The molecule has 2 rings (SSSR count). The van der Waals surface area contributed by atoms with Crippen LogP contribution in [-0.2, 0) is 30.3 Å². The Morgan fingerprint density at radius 1 is 0.844 bits per heavy atom. The van der Waals surface area contributed by atoms with Crippen LogP contribution in [0.2, 0.25) is 0 Å². The summed E-state index contributed by atoms with van der Waals surface area (Å²) in [5, 5.41) is 5.56. The van der Waals surface area contributed by atoms with Gasteiger partial charge in [0.2, 0.25) is 11.8 Å². The molecule has 0 aliphatic heterocycles. The molecule has 248 valence electrons. The highest BCUT2D eigenvalue weighted by Gasteiger charge is 2.38. The number of benzene rings is 2. The zero-order chi connectivity index (χ0) is 33.9. The van der Waals surface area contributed by atoms with Crippen molar-refractivity contribution in [1.82, 2.24) is 15.5 Å². The van der Waals surface area contributed by atoms with E-state index in [0.29, 0.717) is 12.0 Å². The molecule has 2 aromatic rings. The molecule has 0 spiro atoms. The van der Waals surface area contributed by atoms with Gasteiger partial charge in [0.15, 0.2) is 0 Å². The lowest BCUT2D eigenvalue weighted by atomic mass is 9.97. The van der Waals surface area contributed by atoms with E-state index in [1.807, 2.05) is 69.3 Å². The van der Waals surface area contributed by atoms with Crippen LogP contribution in [0, 0.1) is 13.8 Å². The summed E-state index contributed by atoms with van der Waals surface area (Å²) >= 11 is 4.36. The highest BCUT2D eigenvalue weighted by Crippen LogP contribution is 2.26. The maximum Gasteiger partial charge on any atom is 0.408 e. The van der Waals surface area contributed by atoms with E-state index >= 15 is 0 Å². The summed E-state index contributed by atoms with van der Waals surface area (Å²) < 4.78 is 11.1. The fourth-order valence-electron chi connectivity index (χ4n) is 4.84. The van der Waals surface area contributed by atoms with Gasteiger partial charge < -0.3 is 25.0 Å². The Morgan fingerprint density at radius 2 is 1.42 bits per heavy atom. The van der Waals surface area contributed by atoms with Gasteiger partial charge >= 0.3 is 12.1 Å². The quantitative estimate of drug-likeness (QED) is 0.186. The van der Waals surface area contributed by atoms with Gasteiger partial charge in [-0.25, -0.2) is 9.59 Å². The number of hydrogen-bond donors (Lipinski definition) is 3. The lowest BCUT2D eigenvalue weighted by Crippen LogP contribution is -2.55. The maximum atomic E-state index is 14.4. The van der Waals surface area contributed by atoms with Crippen LogP contribution < -0.4 is 10.6 Å². The van der Waals surface area contributed by atoms with Gasteiger partial charge in [-0.1, -0.05) is 73.0 Å². The zero-order valence-corrected chi connectivity index (χ0v) is 29.1. The lowest BCUT2D eigenvalue weighted by molar-refractivity contribution is -0.159. The van der Waals surface area contributed by atoms with Crippen molar-refractivity contribution in [2.24, 2.45) is 0 Å². The first-order valence-electron chi connectivity index (χ1n) is 15.5. The molecule has 0 heterocycles. The molecule has 0 radical (unpaired) electrons. The highest BCUT2D eigenvalue weighted by molar-refractivity contribution is 7.80. The number of carbonyl (C=O) groups excluding carboxylic acids is 4. The molecule has 9 nitrogen and oxygen atoms in total. The number of rotatable bonds is 13. The predicted octanol–water partition coefficient (Wildman–Crippen LogP) is 5.87.